The summed E-state index contributed by atoms with van der Waals surface area (Å²) >= 11 is 5.69. The number of rotatable bonds is 5. The smallest absolute Gasteiger partial charge is 0.207 e. The van der Waals surface area contributed by atoms with Crippen molar-refractivity contribution in [3.63, 3.8) is 0 Å². The Balaban J connectivity index is 2.18. The summed E-state index contributed by atoms with van der Waals surface area (Å²) in [6, 6.07) is 7.37. The summed E-state index contributed by atoms with van der Waals surface area (Å²) in [5, 5.41) is 0. The van der Waals surface area contributed by atoms with Crippen LogP contribution < -0.4 is 0 Å². The molecular weight excluding hydrogens is 306 g/mol. The zero-order chi connectivity index (χ0) is 15.3. The van der Waals surface area contributed by atoms with E-state index in [2.05, 4.69) is 0 Å². The summed E-state index contributed by atoms with van der Waals surface area (Å²) in [5.41, 5.74) is 1.14. The highest BCUT2D eigenvalue weighted by Gasteiger charge is 2.29. The number of alkyl halides is 1. The van der Waals surface area contributed by atoms with Gasteiger partial charge < -0.3 is 0 Å². The average Bonchev–Trinajstić information content (AvgIpc) is 2.70. The number of nitrogens with zero attached hydrogens (tertiary/aromatic N) is 1. The maximum Gasteiger partial charge on any atom is 0.243 e. The van der Waals surface area contributed by atoms with E-state index in [-0.39, 0.29) is 6.04 Å². The van der Waals surface area contributed by atoms with E-state index in [4.69, 9.17) is 11.6 Å². The van der Waals surface area contributed by atoms with Gasteiger partial charge in [0.05, 0.1) is 4.90 Å². The van der Waals surface area contributed by atoms with Crippen molar-refractivity contribution in [2.24, 2.45) is 0 Å². The highest BCUT2D eigenvalue weighted by atomic mass is 35.5. The van der Waals surface area contributed by atoms with Gasteiger partial charge in [0, 0.05) is 18.5 Å². The van der Waals surface area contributed by atoms with E-state index in [1.807, 2.05) is 19.1 Å². The Hall–Kier alpha value is -0.580. The van der Waals surface area contributed by atoms with Crippen molar-refractivity contribution in [3.8, 4) is 0 Å². The van der Waals surface area contributed by atoms with Gasteiger partial charge in [-0.25, -0.2) is 8.42 Å². The van der Waals surface area contributed by atoms with Gasteiger partial charge in [-0.3, -0.25) is 0 Å². The third kappa shape index (κ3) is 4.21. The fraction of sp³-hybridized carbons (Fsp3) is 0.625. The quantitative estimate of drug-likeness (QED) is 0.770. The first-order valence-corrected chi connectivity index (χ1v) is 9.70. The minimum absolute atomic E-state index is 0.0911. The molecule has 118 valence electrons. The van der Waals surface area contributed by atoms with Gasteiger partial charge in [0.25, 0.3) is 0 Å². The molecule has 0 amide bonds. The molecule has 1 aromatic rings. The van der Waals surface area contributed by atoms with Crippen molar-refractivity contribution < 1.29 is 8.42 Å². The van der Waals surface area contributed by atoms with Crippen LogP contribution in [0.15, 0.2) is 29.2 Å². The largest absolute Gasteiger partial charge is 0.243 e. The van der Waals surface area contributed by atoms with E-state index in [1.54, 1.807) is 16.4 Å². The number of halogens is 1. The summed E-state index contributed by atoms with van der Waals surface area (Å²) in [7, 11) is -3.36. The molecule has 0 aliphatic carbocycles. The predicted octanol–water partition coefficient (Wildman–Crippen LogP) is 3.81. The van der Waals surface area contributed by atoms with Crippen LogP contribution in [0.4, 0.5) is 0 Å². The van der Waals surface area contributed by atoms with Crippen molar-refractivity contribution in [1.82, 2.24) is 4.31 Å². The Kier molecular flexibility index (Phi) is 6.08. The number of sulfonamides is 1. The van der Waals surface area contributed by atoms with Gasteiger partial charge in [0.2, 0.25) is 10.0 Å². The maximum atomic E-state index is 12.8. The molecule has 1 fully saturated rings. The van der Waals surface area contributed by atoms with Crippen LogP contribution >= 0.6 is 11.6 Å². The number of hydrogen-bond donors (Lipinski definition) is 0. The third-order valence-corrected chi connectivity index (χ3v) is 6.42. The SMILES string of the molecule is CC1CCCCCN1S(=O)(=O)c1ccc(CCCCl)cc1. The minimum atomic E-state index is -3.36. The lowest BCUT2D eigenvalue weighted by Crippen LogP contribution is -2.38. The second kappa shape index (κ2) is 7.61. The highest BCUT2D eigenvalue weighted by molar-refractivity contribution is 7.89. The van der Waals surface area contributed by atoms with Crippen LogP contribution in [0.1, 0.15) is 44.6 Å². The third-order valence-electron chi connectivity index (χ3n) is 4.12. The normalized spacial score (nSPS) is 21.1. The zero-order valence-electron chi connectivity index (χ0n) is 12.6. The molecule has 0 aromatic heterocycles. The van der Waals surface area contributed by atoms with Crippen molar-refractivity contribution in [2.45, 2.75) is 56.4 Å². The molecule has 0 N–H and O–H groups in total. The van der Waals surface area contributed by atoms with Gasteiger partial charge in [-0.2, -0.15) is 4.31 Å². The molecule has 3 nitrogen and oxygen atoms in total. The fourth-order valence-electron chi connectivity index (χ4n) is 2.84. The van der Waals surface area contributed by atoms with Crippen LogP contribution in [-0.2, 0) is 16.4 Å². The van der Waals surface area contributed by atoms with E-state index in [0.29, 0.717) is 17.3 Å². The van der Waals surface area contributed by atoms with Crippen LogP contribution in [0.25, 0.3) is 0 Å². The predicted molar refractivity (Wildman–Crippen MR) is 87.3 cm³/mol. The zero-order valence-corrected chi connectivity index (χ0v) is 14.2. The molecule has 5 heteroatoms. The van der Waals surface area contributed by atoms with Crippen molar-refractivity contribution >= 4 is 21.6 Å². The Labute approximate surface area is 133 Å². The summed E-state index contributed by atoms with van der Waals surface area (Å²) in [5.74, 6) is 0.630. The lowest BCUT2D eigenvalue weighted by molar-refractivity contribution is 0.342. The Bertz CT molecular complexity index is 542. The summed E-state index contributed by atoms with van der Waals surface area (Å²) < 4.78 is 27.2. The molecule has 1 heterocycles. The Morgan fingerprint density at radius 2 is 1.90 bits per heavy atom. The van der Waals surface area contributed by atoms with Crippen LogP contribution in [-0.4, -0.2) is 31.2 Å². The van der Waals surface area contributed by atoms with Gasteiger partial charge in [-0.05, 0) is 50.3 Å². The Morgan fingerprint density at radius 1 is 1.19 bits per heavy atom. The van der Waals surface area contributed by atoms with Crippen LogP contribution in [0.5, 0.6) is 0 Å². The van der Waals surface area contributed by atoms with Crippen molar-refractivity contribution in [2.75, 3.05) is 12.4 Å². The van der Waals surface area contributed by atoms with E-state index in [0.717, 1.165) is 44.1 Å². The van der Waals surface area contributed by atoms with E-state index < -0.39 is 10.0 Å². The first-order valence-electron chi connectivity index (χ1n) is 7.72. The molecule has 1 atom stereocenters. The molecule has 1 unspecified atom stereocenters. The number of hydrogen-bond acceptors (Lipinski definition) is 2. The molecule has 0 saturated carbocycles. The van der Waals surface area contributed by atoms with Crippen molar-refractivity contribution in [3.05, 3.63) is 29.8 Å². The topological polar surface area (TPSA) is 37.4 Å². The van der Waals surface area contributed by atoms with Crippen LogP contribution in [0, 0.1) is 0 Å². The lowest BCUT2D eigenvalue weighted by atomic mass is 10.1. The second-order valence-electron chi connectivity index (χ2n) is 5.75. The monoisotopic (exact) mass is 329 g/mol. The molecule has 0 radical (unpaired) electrons. The fourth-order valence-corrected chi connectivity index (χ4v) is 4.67. The maximum absolute atomic E-state index is 12.8. The van der Waals surface area contributed by atoms with Gasteiger partial charge in [-0.1, -0.05) is 25.0 Å². The molecule has 1 aliphatic rings. The van der Waals surface area contributed by atoms with Crippen molar-refractivity contribution in [1.29, 1.82) is 0 Å². The van der Waals surface area contributed by atoms with Gasteiger partial charge in [0.1, 0.15) is 0 Å². The summed E-state index contributed by atoms with van der Waals surface area (Å²) in [4.78, 5) is 0.408. The number of benzene rings is 1. The molecule has 1 aliphatic heterocycles. The number of aryl methyl sites for hydroxylation is 1. The van der Waals surface area contributed by atoms with E-state index in [1.165, 1.54) is 0 Å². The van der Waals surface area contributed by atoms with Gasteiger partial charge in [0.15, 0.2) is 0 Å². The summed E-state index contributed by atoms with van der Waals surface area (Å²) in [6.07, 6.45) is 5.95. The molecule has 0 spiro atoms. The lowest BCUT2D eigenvalue weighted by Gasteiger charge is -2.26. The molecule has 21 heavy (non-hydrogen) atoms. The molecule has 2 rings (SSSR count). The average molecular weight is 330 g/mol. The Morgan fingerprint density at radius 3 is 2.57 bits per heavy atom. The first-order chi connectivity index (χ1) is 10.1. The van der Waals surface area contributed by atoms with Crippen LogP contribution in [0.2, 0.25) is 0 Å². The second-order valence-corrected chi connectivity index (χ2v) is 8.02. The van der Waals surface area contributed by atoms with Gasteiger partial charge >= 0.3 is 0 Å². The summed E-state index contributed by atoms with van der Waals surface area (Å²) in [6.45, 7) is 2.65. The standard InChI is InChI=1S/C16H24ClNO2S/c1-14-6-3-2-4-13-18(14)21(19,20)16-10-8-15(9-11-16)7-5-12-17/h8-11,14H,2-7,12-13H2,1H3. The van der Waals surface area contributed by atoms with Gasteiger partial charge in [-0.15, -0.1) is 11.6 Å². The first kappa shape index (κ1) is 16.8. The molecule has 0 bridgehead atoms. The highest BCUT2D eigenvalue weighted by Crippen LogP contribution is 2.24. The molecule has 1 aromatic carbocycles. The molecule has 1 saturated heterocycles. The van der Waals surface area contributed by atoms with Crippen LogP contribution in [0.3, 0.4) is 0 Å². The molecular formula is C16H24ClNO2S. The van der Waals surface area contributed by atoms with E-state index >= 15 is 0 Å². The minimum Gasteiger partial charge on any atom is -0.207 e. The van der Waals surface area contributed by atoms with E-state index in [9.17, 15) is 8.42 Å².